The highest BCUT2D eigenvalue weighted by molar-refractivity contribution is 5.94. The number of hydrogen-bond acceptors (Lipinski definition) is 6. The Morgan fingerprint density at radius 3 is 2.69 bits per heavy atom. The van der Waals surface area contributed by atoms with Crippen LogP contribution in [0.4, 0.5) is 11.5 Å². The van der Waals surface area contributed by atoms with E-state index in [4.69, 9.17) is 0 Å². The molecule has 0 unspecified atom stereocenters. The summed E-state index contributed by atoms with van der Waals surface area (Å²) in [7, 11) is 1.84. The summed E-state index contributed by atoms with van der Waals surface area (Å²) in [6.07, 6.45) is 4.79. The summed E-state index contributed by atoms with van der Waals surface area (Å²) >= 11 is 0. The minimum Gasteiger partial charge on any atom is -0.354 e. The lowest BCUT2D eigenvalue weighted by Gasteiger charge is -2.36. The number of hydrogen-bond donors (Lipinski definition) is 0. The van der Waals surface area contributed by atoms with Crippen molar-refractivity contribution >= 4 is 23.2 Å². The fourth-order valence-corrected chi connectivity index (χ4v) is 4.34. The van der Waals surface area contributed by atoms with Crippen LogP contribution in [0.3, 0.4) is 0 Å². The molecular formula is C21H25N7O. The van der Waals surface area contributed by atoms with E-state index >= 15 is 0 Å². The molecule has 8 heteroatoms. The highest BCUT2D eigenvalue weighted by Gasteiger charge is 2.28. The molecule has 5 rings (SSSR count). The summed E-state index contributed by atoms with van der Waals surface area (Å²) in [5, 5.41) is 4.42. The van der Waals surface area contributed by atoms with Gasteiger partial charge in [0.2, 0.25) is 5.91 Å². The third kappa shape index (κ3) is 3.33. The number of anilines is 2. The Morgan fingerprint density at radius 2 is 1.90 bits per heavy atom. The monoisotopic (exact) mass is 391 g/mol. The summed E-state index contributed by atoms with van der Waals surface area (Å²) < 4.78 is 1.88. The van der Waals surface area contributed by atoms with Gasteiger partial charge in [-0.15, -0.1) is 0 Å². The van der Waals surface area contributed by atoms with Gasteiger partial charge in [0.1, 0.15) is 12.1 Å². The molecule has 1 saturated heterocycles. The molecule has 3 aromatic rings. The number of para-hydroxylation sites is 1. The van der Waals surface area contributed by atoms with Crippen molar-refractivity contribution in [3.05, 3.63) is 47.9 Å². The molecule has 0 bridgehead atoms. The molecule has 3 heterocycles. The maximum Gasteiger partial charge on any atom is 0.254 e. The Bertz CT molecular complexity index is 1020. The number of rotatable bonds is 4. The highest BCUT2D eigenvalue weighted by Crippen LogP contribution is 2.31. The van der Waals surface area contributed by atoms with Crippen LogP contribution in [-0.4, -0.2) is 70.2 Å². The molecule has 1 aliphatic carbocycles. The first-order valence-electron chi connectivity index (χ1n) is 10.2. The first kappa shape index (κ1) is 18.1. The fraction of sp³-hybridized carbons (Fsp3) is 0.429. The second-order valence-electron chi connectivity index (χ2n) is 7.74. The van der Waals surface area contributed by atoms with Crippen LogP contribution in [0.1, 0.15) is 17.7 Å². The topological polar surface area (TPSA) is 69.9 Å². The second kappa shape index (κ2) is 7.44. The van der Waals surface area contributed by atoms with Gasteiger partial charge in [-0.1, -0.05) is 18.2 Å². The normalized spacial score (nSPS) is 16.9. The molecule has 150 valence electrons. The molecule has 0 spiro atoms. The van der Waals surface area contributed by atoms with Crippen molar-refractivity contribution in [1.82, 2.24) is 24.5 Å². The minimum absolute atomic E-state index is 0.119. The van der Waals surface area contributed by atoms with Crippen molar-refractivity contribution in [3.8, 4) is 0 Å². The predicted octanol–water partition coefficient (Wildman–Crippen LogP) is 1.40. The molecule has 1 aromatic carbocycles. The molecule has 29 heavy (non-hydrogen) atoms. The number of likely N-dealkylation sites (N-methyl/N-ethyl adjacent to an activating group) is 1. The summed E-state index contributed by atoms with van der Waals surface area (Å²) in [5.74, 6) is 1.95. The van der Waals surface area contributed by atoms with Crippen molar-refractivity contribution in [2.45, 2.75) is 19.3 Å². The van der Waals surface area contributed by atoms with E-state index < -0.39 is 0 Å². The number of carbonyl (C=O) groups is 1. The first-order valence-corrected chi connectivity index (χ1v) is 10.2. The summed E-state index contributed by atoms with van der Waals surface area (Å²) in [6, 6.07) is 9.79. The number of fused-ring (bicyclic) bond motifs is 2. The second-order valence-corrected chi connectivity index (χ2v) is 7.74. The molecule has 0 N–H and O–H groups in total. The van der Waals surface area contributed by atoms with E-state index in [1.165, 1.54) is 11.3 Å². The zero-order chi connectivity index (χ0) is 19.8. The van der Waals surface area contributed by atoms with Crippen LogP contribution in [0.2, 0.25) is 0 Å². The van der Waals surface area contributed by atoms with E-state index in [0.717, 1.165) is 56.9 Å². The maximum absolute atomic E-state index is 12.7. The smallest absolute Gasteiger partial charge is 0.254 e. The molecule has 1 aliphatic heterocycles. The molecule has 1 fully saturated rings. The standard InChI is InChI=1S/C21H25N7O/c1-25(16-6-3-2-4-7-16)19(29)14-26-10-12-27(13-11-26)20-17-8-5-9-18(17)24-21-22-15-23-28(20)21/h2-4,6-7,15H,5,8-14H2,1H3. The summed E-state index contributed by atoms with van der Waals surface area (Å²) in [6.45, 7) is 3.87. The molecule has 2 aromatic heterocycles. The number of piperazine rings is 1. The number of amides is 1. The van der Waals surface area contributed by atoms with E-state index in [0.29, 0.717) is 12.3 Å². The third-order valence-corrected chi connectivity index (χ3v) is 5.97. The SMILES string of the molecule is CN(C(=O)CN1CCN(c2c3c(nc4ncnn24)CCC3)CC1)c1ccccc1. The molecular weight excluding hydrogens is 366 g/mol. The molecule has 0 atom stereocenters. The van der Waals surface area contributed by atoms with E-state index in [1.54, 1.807) is 11.2 Å². The lowest BCUT2D eigenvalue weighted by molar-refractivity contribution is -0.119. The van der Waals surface area contributed by atoms with Gasteiger partial charge in [-0.2, -0.15) is 14.6 Å². The molecule has 0 saturated carbocycles. The average molecular weight is 391 g/mol. The van der Waals surface area contributed by atoms with Crippen LogP contribution in [-0.2, 0) is 17.6 Å². The zero-order valence-electron chi connectivity index (χ0n) is 16.7. The maximum atomic E-state index is 12.7. The Morgan fingerprint density at radius 1 is 1.10 bits per heavy atom. The Hall–Kier alpha value is -3.00. The summed E-state index contributed by atoms with van der Waals surface area (Å²) in [5.41, 5.74) is 3.41. The van der Waals surface area contributed by atoms with E-state index in [-0.39, 0.29) is 5.91 Å². The number of aromatic nitrogens is 4. The van der Waals surface area contributed by atoms with Gasteiger partial charge in [0.05, 0.1) is 12.2 Å². The van der Waals surface area contributed by atoms with Crippen molar-refractivity contribution in [1.29, 1.82) is 0 Å². The van der Waals surface area contributed by atoms with Gasteiger partial charge in [0, 0.05) is 44.5 Å². The van der Waals surface area contributed by atoms with Gasteiger partial charge >= 0.3 is 0 Å². The third-order valence-electron chi connectivity index (χ3n) is 5.97. The van der Waals surface area contributed by atoms with E-state index in [1.807, 2.05) is 41.9 Å². The Balaban J connectivity index is 1.28. The Kier molecular flexibility index (Phi) is 4.63. The average Bonchev–Trinajstić information content (AvgIpc) is 3.42. The number of benzene rings is 1. The fourth-order valence-electron chi connectivity index (χ4n) is 4.34. The van der Waals surface area contributed by atoms with Gasteiger partial charge in [0.15, 0.2) is 0 Å². The first-order chi connectivity index (χ1) is 14.2. The van der Waals surface area contributed by atoms with Crippen LogP contribution in [0.25, 0.3) is 5.78 Å². The Labute approximate surface area is 169 Å². The van der Waals surface area contributed by atoms with E-state index in [2.05, 4.69) is 24.9 Å². The molecule has 8 nitrogen and oxygen atoms in total. The van der Waals surface area contributed by atoms with Crippen LogP contribution < -0.4 is 9.80 Å². The zero-order valence-corrected chi connectivity index (χ0v) is 16.7. The minimum atomic E-state index is 0.119. The number of nitrogens with zero attached hydrogens (tertiary/aromatic N) is 7. The van der Waals surface area contributed by atoms with Gasteiger partial charge < -0.3 is 9.80 Å². The molecule has 1 amide bonds. The van der Waals surface area contributed by atoms with Crippen LogP contribution >= 0.6 is 0 Å². The van der Waals surface area contributed by atoms with Crippen LogP contribution in [0.15, 0.2) is 36.7 Å². The lowest BCUT2D eigenvalue weighted by atomic mass is 10.2. The van der Waals surface area contributed by atoms with Crippen LogP contribution in [0.5, 0.6) is 0 Å². The van der Waals surface area contributed by atoms with Crippen molar-refractivity contribution in [2.24, 2.45) is 0 Å². The molecule has 2 aliphatic rings. The predicted molar refractivity (Wildman–Crippen MR) is 111 cm³/mol. The van der Waals surface area contributed by atoms with E-state index in [9.17, 15) is 4.79 Å². The van der Waals surface area contributed by atoms with Gasteiger partial charge in [-0.3, -0.25) is 9.69 Å². The number of carbonyl (C=O) groups excluding carboxylic acids is 1. The van der Waals surface area contributed by atoms with Gasteiger partial charge in [-0.25, -0.2) is 4.98 Å². The number of aryl methyl sites for hydroxylation is 1. The summed E-state index contributed by atoms with van der Waals surface area (Å²) in [4.78, 5) is 28.0. The molecule has 0 radical (unpaired) electrons. The van der Waals surface area contributed by atoms with Crippen molar-refractivity contribution in [3.63, 3.8) is 0 Å². The van der Waals surface area contributed by atoms with Crippen molar-refractivity contribution < 1.29 is 4.79 Å². The largest absolute Gasteiger partial charge is 0.354 e. The van der Waals surface area contributed by atoms with Gasteiger partial charge in [-0.05, 0) is 31.4 Å². The lowest BCUT2D eigenvalue weighted by Crippen LogP contribution is -2.50. The van der Waals surface area contributed by atoms with Crippen molar-refractivity contribution in [2.75, 3.05) is 49.6 Å². The van der Waals surface area contributed by atoms with Gasteiger partial charge in [0.25, 0.3) is 5.78 Å². The highest BCUT2D eigenvalue weighted by atomic mass is 16.2. The van der Waals surface area contributed by atoms with Crippen LogP contribution in [0, 0.1) is 0 Å². The quantitative estimate of drug-likeness (QED) is 0.670.